The highest BCUT2D eigenvalue weighted by molar-refractivity contribution is 5.78. The van der Waals surface area contributed by atoms with Gasteiger partial charge in [-0.05, 0) is 24.6 Å². The highest BCUT2D eigenvalue weighted by Gasteiger charge is 2.17. The predicted molar refractivity (Wildman–Crippen MR) is 76.8 cm³/mol. The minimum atomic E-state index is -0.391. The third-order valence-electron chi connectivity index (χ3n) is 3.60. The van der Waals surface area contributed by atoms with Crippen molar-refractivity contribution in [1.29, 1.82) is 0 Å². The number of hydrogen-bond donors (Lipinski definition) is 1. The second-order valence-corrected chi connectivity index (χ2v) is 4.99. The number of morpholine rings is 1. The first kappa shape index (κ1) is 15.7. The lowest BCUT2D eigenvalue weighted by Gasteiger charge is -2.27. The van der Waals surface area contributed by atoms with Crippen molar-refractivity contribution in [2.24, 2.45) is 0 Å². The molecule has 1 saturated heterocycles. The normalized spacial score (nSPS) is 16.6. The fourth-order valence-corrected chi connectivity index (χ4v) is 2.23. The average Bonchev–Trinajstić information content (AvgIpc) is 2.53. The first-order valence-electron chi connectivity index (χ1n) is 7.04. The van der Waals surface area contributed by atoms with E-state index in [1.54, 1.807) is 17.0 Å². The van der Waals surface area contributed by atoms with Crippen LogP contribution in [0.4, 0.5) is 4.39 Å². The first-order chi connectivity index (χ1) is 10.1. The molecule has 5 nitrogen and oxygen atoms in total. The molecule has 1 aliphatic rings. The molecule has 0 bridgehead atoms. The second-order valence-electron chi connectivity index (χ2n) is 4.99. The molecule has 1 fully saturated rings. The van der Waals surface area contributed by atoms with Gasteiger partial charge < -0.3 is 19.7 Å². The van der Waals surface area contributed by atoms with E-state index >= 15 is 0 Å². The minimum absolute atomic E-state index is 0.0548. The van der Waals surface area contributed by atoms with Crippen LogP contribution in [0, 0.1) is 5.82 Å². The van der Waals surface area contributed by atoms with Gasteiger partial charge in [-0.2, -0.15) is 0 Å². The number of amides is 1. The monoisotopic (exact) mass is 296 g/mol. The van der Waals surface area contributed by atoms with Gasteiger partial charge in [-0.25, -0.2) is 4.39 Å². The van der Waals surface area contributed by atoms with Crippen molar-refractivity contribution in [3.63, 3.8) is 0 Å². The Balaban J connectivity index is 1.89. The number of benzene rings is 1. The maximum absolute atomic E-state index is 13.4. The second kappa shape index (κ2) is 7.38. The zero-order valence-corrected chi connectivity index (χ0v) is 12.4. The van der Waals surface area contributed by atoms with Gasteiger partial charge in [-0.3, -0.25) is 4.79 Å². The fourth-order valence-electron chi connectivity index (χ4n) is 2.23. The van der Waals surface area contributed by atoms with Crippen LogP contribution in [-0.2, 0) is 9.53 Å². The standard InChI is InChI=1S/C15H21FN2O3/c1-11(12-3-4-13(16)14(9-12)20-2)17-10-15(19)18-5-7-21-8-6-18/h3-4,9,11,17H,5-8,10H2,1-2H3. The third-order valence-corrected chi connectivity index (χ3v) is 3.60. The van der Waals surface area contributed by atoms with E-state index in [1.165, 1.54) is 13.2 Å². The lowest BCUT2D eigenvalue weighted by atomic mass is 10.1. The summed E-state index contributed by atoms with van der Waals surface area (Å²) < 4.78 is 23.6. The summed E-state index contributed by atoms with van der Waals surface area (Å²) in [7, 11) is 1.43. The van der Waals surface area contributed by atoms with Gasteiger partial charge in [0.25, 0.3) is 0 Å². The largest absolute Gasteiger partial charge is 0.494 e. The molecule has 2 rings (SSSR count). The average molecular weight is 296 g/mol. The van der Waals surface area contributed by atoms with Gasteiger partial charge in [0.05, 0.1) is 26.9 Å². The Morgan fingerprint density at radius 1 is 1.48 bits per heavy atom. The number of hydrogen-bond acceptors (Lipinski definition) is 4. The van der Waals surface area contributed by atoms with E-state index in [0.717, 1.165) is 5.56 Å². The quantitative estimate of drug-likeness (QED) is 0.891. The zero-order valence-electron chi connectivity index (χ0n) is 12.4. The lowest BCUT2D eigenvalue weighted by molar-refractivity contribution is -0.134. The minimum Gasteiger partial charge on any atom is -0.494 e. The molecule has 21 heavy (non-hydrogen) atoms. The number of carbonyl (C=O) groups excluding carboxylic acids is 1. The van der Waals surface area contributed by atoms with Gasteiger partial charge >= 0.3 is 0 Å². The molecule has 1 heterocycles. The Hall–Kier alpha value is -1.66. The Kier molecular flexibility index (Phi) is 5.52. The van der Waals surface area contributed by atoms with Crippen LogP contribution in [0.3, 0.4) is 0 Å². The molecule has 0 saturated carbocycles. The third kappa shape index (κ3) is 4.15. The van der Waals surface area contributed by atoms with E-state index in [9.17, 15) is 9.18 Å². The maximum atomic E-state index is 13.4. The number of methoxy groups -OCH3 is 1. The summed E-state index contributed by atoms with van der Waals surface area (Å²) in [5, 5.41) is 3.16. The van der Waals surface area contributed by atoms with Crippen LogP contribution in [0.2, 0.25) is 0 Å². The summed E-state index contributed by atoms with van der Waals surface area (Å²) in [5.41, 5.74) is 0.878. The number of ether oxygens (including phenoxy) is 2. The molecule has 0 radical (unpaired) electrons. The summed E-state index contributed by atoms with van der Waals surface area (Å²) >= 11 is 0. The fraction of sp³-hybridized carbons (Fsp3) is 0.533. The molecular weight excluding hydrogens is 275 g/mol. The highest BCUT2D eigenvalue weighted by atomic mass is 19.1. The van der Waals surface area contributed by atoms with Crippen LogP contribution >= 0.6 is 0 Å². The lowest BCUT2D eigenvalue weighted by Crippen LogP contribution is -2.45. The molecule has 1 amide bonds. The van der Waals surface area contributed by atoms with E-state index in [1.807, 2.05) is 6.92 Å². The van der Waals surface area contributed by atoms with Gasteiger partial charge in [0.1, 0.15) is 0 Å². The van der Waals surface area contributed by atoms with Gasteiger partial charge in [-0.15, -0.1) is 0 Å². The van der Waals surface area contributed by atoms with Crippen molar-refractivity contribution in [3.05, 3.63) is 29.6 Å². The van der Waals surface area contributed by atoms with Gasteiger partial charge in [0.2, 0.25) is 5.91 Å². The van der Waals surface area contributed by atoms with Gasteiger partial charge in [0, 0.05) is 19.1 Å². The summed E-state index contributed by atoms with van der Waals surface area (Å²) in [6.45, 7) is 4.64. The van der Waals surface area contributed by atoms with Crippen molar-refractivity contribution in [3.8, 4) is 5.75 Å². The SMILES string of the molecule is COc1cc(C(C)NCC(=O)N2CCOCC2)ccc1F. The molecular formula is C15H21FN2O3. The van der Waals surface area contributed by atoms with E-state index in [-0.39, 0.29) is 24.2 Å². The molecule has 1 aromatic carbocycles. The van der Waals surface area contributed by atoms with Crippen molar-refractivity contribution in [2.45, 2.75) is 13.0 Å². The molecule has 0 spiro atoms. The number of halogens is 1. The maximum Gasteiger partial charge on any atom is 0.236 e. The number of carbonyl (C=O) groups is 1. The van der Waals surface area contributed by atoms with E-state index < -0.39 is 5.82 Å². The molecule has 0 aromatic heterocycles. The Morgan fingerprint density at radius 3 is 2.86 bits per heavy atom. The summed E-state index contributed by atoms with van der Waals surface area (Å²) in [4.78, 5) is 13.8. The van der Waals surface area contributed by atoms with Crippen LogP contribution in [0.5, 0.6) is 5.75 Å². The number of nitrogens with one attached hydrogen (secondary N) is 1. The summed E-state index contributed by atoms with van der Waals surface area (Å²) in [6.07, 6.45) is 0. The van der Waals surface area contributed by atoms with Gasteiger partial charge in [-0.1, -0.05) is 6.07 Å². The number of rotatable bonds is 5. The summed E-state index contributed by atoms with van der Waals surface area (Å²) in [5.74, 6) is -0.127. The van der Waals surface area contributed by atoms with E-state index in [2.05, 4.69) is 5.32 Å². The summed E-state index contributed by atoms with van der Waals surface area (Å²) in [6, 6.07) is 4.64. The van der Waals surface area contributed by atoms with Crippen LogP contribution in [-0.4, -0.2) is 50.8 Å². The topological polar surface area (TPSA) is 50.8 Å². The molecule has 0 aliphatic carbocycles. The molecule has 1 aromatic rings. The van der Waals surface area contributed by atoms with E-state index in [4.69, 9.17) is 9.47 Å². The highest BCUT2D eigenvalue weighted by Crippen LogP contribution is 2.22. The molecule has 1 unspecified atom stereocenters. The smallest absolute Gasteiger partial charge is 0.236 e. The van der Waals surface area contributed by atoms with Crippen LogP contribution < -0.4 is 10.1 Å². The Morgan fingerprint density at radius 2 is 2.19 bits per heavy atom. The van der Waals surface area contributed by atoms with Gasteiger partial charge in [0.15, 0.2) is 11.6 Å². The van der Waals surface area contributed by atoms with Crippen LogP contribution in [0.25, 0.3) is 0 Å². The van der Waals surface area contributed by atoms with E-state index in [0.29, 0.717) is 26.3 Å². The number of nitrogens with zero attached hydrogens (tertiary/aromatic N) is 1. The van der Waals surface area contributed by atoms with Crippen molar-refractivity contribution in [2.75, 3.05) is 40.0 Å². The van der Waals surface area contributed by atoms with Crippen molar-refractivity contribution in [1.82, 2.24) is 10.2 Å². The molecule has 6 heteroatoms. The van der Waals surface area contributed by atoms with Crippen LogP contribution in [0.15, 0.2) is 18.2 Å². The molecule has 1 aliphatic heterocycles. The Bertz CT molecular complexity index is 490. The Labute approximate surface area is 124 Å². The van der Waals surface area contributed by atoms with Crippen molar-refractivity contribution >= 4 is 5.91 Å². The first-order valence-corrected chi connectivity index (χ1v) is 7.04. The molecule has 116 valence electrons. The zero-order chi connectivity index (χ0) is 15.2. The predicted octanol–water partition coefficient (Wildman–Crippen LogP) is 1.34. The van der Waals surface area contributed by atoms with Crippen molar-refractivity contribution < 1.29 is 18.7 Å². The molecule has 1 N–H and O–H groups in total. The van der Waals surface area contributed by atoms with Crippen LogP contribution in [0.1, 0.15) is 18.5 Å². The molecule has 1 atom stereocenters.